The molecule has 112 valence electrons. The number of esters is 1. The van der Waals surface area contributed by atoms with E-state index in [2.05, 4.69) is 14.7 Å². The quantitative estimate of drug-likeness (QED) is 0.600. The second-order valence-corrected chi connectivity index (χ2v) is 5.16. The molecule has 21 heavy (non-hydrogen) atoms. The molecule has 0 radical (unpaired) electrons. The van der Waals surface area contributed by atoms with Crippen LogP contribution in [0.3, 0.4) is 0 Å². The van der Waals surface area contributed by atoms with E-state index in [1.165, 1.54) is 19.1 Å². The zero-order chi connectivity index (χ0) is 15.1. The molecule has 1 atom stereocenters. The van der Waals surface area contributed by atoms with Crippen molar-refractivity contribution in [2.24, 2.45) is 0 Å². The fraction of sp³-hybridized carbons (Fsp3) is 0.286. The van der Waals surface area contributed by atoms with Gasteiger partial charge in [-0.1, -0.05) is 0 Å². The molecule has 0 spiro atoms. The highest BCUT2D eigenvalue weighted by atomic mass is 32.2. The summed E-state index contributed by atoms with van der Waals surface area (Å²) in [5, 5.41) is 0. The normalized spacial score (nSPS) is 11.9. The number of benzene rings is 1. The summed E-state index contributed by atoms with van der Waals surface area (Å²) < 4.78 is 13.0. The molecule has 7 heteroatoms. The number of H-pyrrole nitrogens is 1. The van der Waals surface area contributed by atoms with Crippen LogP contribution in [0.25, 0.3) is 0 Å². The number of aromatic nitrogens is 2. The van der Waals surface area contributed by atoms with E-state index in [9.17, 15) is 4.79 Å². The Labute approximate surface area is 127 Å². The van der Waals surface area contributed by atoms with E-state index in [0.29, 0.717) is 6.42 Å². The van der Waals surface area contributed by atoms with Gasteiger partial charge >= 0.3 is 5.97 Å². The van der Waals surface area contributed by atoms with Crippen LogP contribution < -0.4 is 9.46 Å². The minimum atomic E-state index is -0.456. The van der Waals surface area contributed by atoms with Gasteiger partial charge in [-0.3, -0.25) is 4.79 Å². The lowest BCUT2D eigenvalue weighted by Gasteiger charge is -2.15. The SMILES string of the molecule is COC(=O)C(Cc1cnc[nH]1)NSc1ccc(OC)cc1. The molecule has 2 N–H and O–H groups in total. The average molecular weight is 307 g/mol. The van der Waals surface area contributed by atoms with Gasteiger partial charge in [-0.05, 0) is 36.2 Å². The zero-order valence-corrected chi connectivity index (χ0v) is 12.6. The second kappa shape index (κ2) is 7.70. The van der Waals surface area contributed by atoms with Crippen LogP contribution in [0.1, 0.15) is 5.69 Å². The van der Waals surface area contributed by atoms with Crippen molar-refractivity contribution in [1.29, 1.82) is 0 Å². The predicted molar refractivity (Wildman–Crippen MR) is 80.1 cm³/mol. The van der Waals surface area contributed by atoms with Crippen molar-refractivity contribution in [3.8, 4) is 5.75 Å². The van der Waals surface area contributed by atoms with Crippen molar-refractivity contribution in [1.82, 2.24) is 14.7 Å². The van der Waals surface area contributed by atoms with Crippen LogP contribution in [0, 0.1) is 0 Å². The van der Waals surface area contributed by atoms with Gasteiger partial charge in [-0.2, -0.15) is 0 Å². The highest BCUT2D eigenvalue weighted by molar-refractivity contribution is 7.97. The van der Waals surface area contributed by atoms with Crippen LogP contribution in [-0.2, 0) is 16.0 Å². The maximum absolute atomic E-state index is 11.8. The summed E-state index contributed by atoms with van der Waals surface area (Å²) >= 11 is 1.37. The number of methoxy groups -OCH3 is 2. The summed E-state index contributed by atoms with van der Waals surface area (Å²) in [5.74, 6) is 0.479. The number of imidazole rings is 1. The Bertz CT molecular complexity index is 557. The number of rotatable bonds is 7. The number of nitrogens with one attached hydrogen (secondary N) is 2. The smallest absolute Gasteiger partial charge is 0.324 e. The fourth-order valence-corrected chi connectivity index (χ4v) is 2.44. The van der Waals surface area contributed by atoms with E-state index >= 15 is 0 Å². The summed E-state index contributed by atoms with van der Waals surface area (Å²) in [5.41, 5.74) is 0.869. The lowest BCUT2D eigenvalue weighted by Crippen LogP contribution is -2.35. The monoisotopic (exact) mass is 307 g/mol. The second-order valence-electron chi connectivity index (χ2n) is 4.25. The molecule has 0 saturated heterocycles. The molecule has 2 rings (SSSR count). The van der Waals surface area contributed by atoms with Gasteiger partial charge in [-0.25, -0.2) is 9.71 Å². The molecule has 1 unspecified atom stereocenters. The van der Waals surface area contributed by atoms with Crippen LogP contribution in [0.5, 0.6) is 5.75 Å². The average Bonchev–Trinajstić information content (AvgIpc) is 3.04. The van der Waals surface area contributed by atoms with Crippen molar-refractivity contribution in [3.05, 3.63) is 42.5 Å². The number of nitrogens with zero attached hydrogens (tertiary/aromatic N) is 1. The lowest BCUT2D eigenvalue weighted by atomic mass is 10.2. The molecule has 2 aromatic rings. The molecule has 0 aliphatic carbocycles. The molecule has 0 aliphatic rings. The predicted octanol–water partition coefficient (Wildman–Crippen LogP) is 1.80. The van der Waals surface area contributed by atoms with E-state index in [-0.39, 0.29) is 5.97 Å². The lowest BCUT2D eigenvalue weighted by molar-refractivity contribution is -0.142. The summed E-state index contributed by atoms with van der Waals surface area (Å²) in [6.07, 6.45) is 3.76. The van der Waals surface area contributed by atoms with E-state index in [1.807, 2.05) is 24.3 Å². The highest BCUT2D eigenvalue weighted by Crippen LogP contribution is 2.20. The van der Waals surface area contributed by atoms with Gasteiger partial charge in [0.05, 0.1) is 20.5 Å². The van der Waals surface area contributed by atoms with Gasteiger partial charge in [-0.15, -0.1) is 0 Å². The Morgan fingerprint density at radius 3 is 2.71 bits per heavy atom. The first-order chi connectivity index (χ1) is 10.2. The topological polar surface area (TPSA) is 76.2 Å². The van der Waals surface area contributed by atoms with Crippen LogP contribution in [0.15, 0.2) is 41.7 Å². The maximum atomic E-state index is 11.8. The summed E-state index contributed by atoms with van der Waals surface area (Å²) in [7, 11) is 3.00. The van der Waals surface area contributed by atoms with E-state index < -0.39 is 6.04 Å². The van der Waals surface area contributed by atoms with Gasteiger partial charge in [0.15, 0.2) is 0 Å². The first kappa shape index (κ1) is 15.4. The number of carbonyl (C=O) groups is 1. The Morgan fingerprint density at radius 1 is 1.38 bits per heavy atom. The zero-order valence-electron chi connectivity index (χ0n) is 11.8. The molecule has 0 saturated carbocycles. The molecule has 0 fully saturated rings. The van der Waals surface area contributed by atoms with Crippen molar-refractivity contribution in [3.63, 3.8) is 0 Å². The summed E-state index contributed by atoms with van der Waals surface area (Å²) in [6.45, 7) is 0. The molecule has 6 nitrogen and oxygen atoms in total. The standard InChI is InChI=1S/C14H17N3O3S/c1-19-11-3-5-12(6-4-11)21-17-13(14(18)20-2)7-10-8-15-9-16-10/h3-6,8-9,13,17H,7H2,1-2H3,(H,15,16). The first-order valence-electron chi connectivity index (χ1n) is 6.34. The van der Waals surface area contributed by atoms with Gasteiger partial charge in [0.25, 0.3) is 0 Å². The highest BCUT2D eigenvalue weighted by Gasteiger charge is 2.20. The molecule has 0 bridgehead atoms. The molecule has 0 aliphatic heterocycles. The Morgan fingerprint density at radius 2 is 2.14 bits per heavy atom. The fourth-order valence-electron chi connectivity index (χ4n) is 1.71. The van der Waals surface area contributed by atoms with Crippen LogP contribution in [0.4, 0.5) is 0 Å². The van der Waals surface area contributed by atoms with E-state index in [0.717, 1.165) is 16.3 Å². The van der Waals surface area contributed by atoms with Crippen LogP contribution in [0.2, 0.25) is 0 Å². The Balaban J connectivity index is 1.96. The molecule has 0 amide bonds. The third-order valence-corrected chi connectivity index (χ3v) is 3.75. The third kappa shape index (κ3) is 4.51. The number of carbonyl (C=O) groups excluding carboxylic acids is 1. The molecular formula is C14H17N3O3S. The Kier molecular flexibility index (Phi) is 5.65. The number of hydrogen-bond donors (Lipinski definition) is 2. The van der Waals surface area contributed by atoms with Crippen molar-refractivity contribution >= 4 is 17.9 Å². The van der Waals surface area contributed by atoms with Gasteiger partial charge < -0.3 is 14.5 Å². The van der Waals surface area contributed by atoms with Crippen LogP contribution in [-0.4, -0.2) is 36.2 Å². The number of hydrogen-bond acceptors (Lipinski definition) is 6. The minimum absolute atomic E-state index is 0.314. The van der Waals surface area contributed by atoms with E-state index in [1.54, 1.807) is 19.6 Å². The molecular weight excluding hydrogens is 290 g/mol. The van der Waals surface area contributed by atoms with Crippen molar-refractivity contribution < 1.29 is 14.3 Å². The molecule has 1 aromatic carbocycles. The third-order valence-electron chi connectivity index (χ3n) is 2.84. The van der Waals surface area contributed by atoms with E-state index in [4.69, 9.17) is 9.47 Å². The molecule has 1 heterocycles. The van der Waals surface area contributed by atoms with Crippen LogP contribution >= 0.6 is 11.9 Å². The molecule has 1 aromatic heterocycles. The number of aromatic amines is 1. The van der Waals surface area contributed by atoms with Crippen molar-refractivity contribution in [2.45, 2.75) is 17.4 Å². The summed E-state index contributed by atoms with van der Waals surface area (Å²) in [4.78, 5) is 19.7. The van der Waals surface area contributed by atoms with Gasteiger partial charge in [0.1, 0.15) is 11.8 Å². The van der Waals surface area contributed by atoms with Crippen molar-refractivity contribution in [2.75, 3.05) is 14.2 Å². The Hall–Kier alpha value is -1.99. The first-order valence-corrected chi connectivity index (χ1v) is 7.16. The number of ether oxygens (including phenoxy) is 2. The largest absolute Gasteiger partial charge is 0.497 e. The van der Waals surface area contributed by atoms with Gasteiger partial charge in [0, 0.05) is 23.2 Å². The van der Waals surface area contributed by atoms with Gasteiger partial charge in [0.2, 0.25) is 0 Å². The summed E-state index contributed by atoms with van der Waals surface area (Å²) in [6, 6.07) is 7.11. The minimum Gasteiger partial charge on any atom is -0.497 e. The maximum Gasteiger partial charge on any atom is 0.324 e.